The second kappa shape index (κ2) is 6.06. The van der Waals surface area contributed by atoms with Crippen LogP contribution in [0.2, 0.25) is 0 Å². The van der Waals surface area contributed by atoms with Crippen LogP contribution in [0.3, 0.4) is 0 Å². The van der Waals surface area contributed by atoms with E-state index in [1.54, 1.807) is 13.0 Å². The Balaban J connectivity index is 2.25. The number of benzene rings is 2. The van der Waals surface area contributed by atoms with Gasteiger partial charge in [-0.2, -0.15) is 0 Å². The molecule has 2 aromatic carbocycles. The van der Waals surface area contributed by atoms with Crippen molar-refractivity contribution in [2.24, 2.45) is 0 Å². The number of nitrogens with zero attached hydrogens (tertiary/aromatic N) is 1. The van der Waals surface area contributed by atoms with Crippen molar-refractivity contribution in [2.75, 3.05) is 7.11 Å². The van der Waals surface area contributed by atoms with E-state index in [1.807, 2.05) is 30.3 Å². The second-order valence-electron chi connectivity index (χ2n) is 4.32. The zero-order chi connectivity index (χ0) is 14.5. The number of nitro benzene ring substituents is 1. The molecule has 0 unspecified atom stereocenters. The Morgan fingerprint density at radius 2 is 1.85 bits per heavy atom. The third kappa shape index (κ3) is 3.06. The molecule has 0 saturated heterocycles. The van der Waals surface area contributed by atoms with Crippen LogP contribution >= 0.6 is 0 Å². The van der Waals surface area contributed by atoms with Crippen LogP contribution in [0.1, 0.15) is 11.1 Å². The fourth-order valence-corrected chi connectivity index (χ4v) is 1.86. The lowest BCUT2D eigenvalue weighted by molar-refractivity contribution is -0.385. The molecule has 0 N–H and O–H groups in total. The highest BCUT2D eigenvalue weighted by Gasteiger charge is 2.16. The number of nitro groups is 1. The van der Waals surface area contributed by atoms with Gasteiger partial charge in [-0.1, -0.05) is 30.3 Å². The third-order valence-electron chi connectivity index (χ3n) is 2.92. The van der Waals surface area contributed by atoms with E-state index >= 15 is 0 Å². The monoisotopic (exact) mass is 273 g/mol. The molecule has 5 heteroatoms. The maximum absolute atomic E-state index is 11.0. The number of hydrogen-bond acceptors (Lipinski definition) is 4. The van der Waals surface area contributed by atoms with E-state index in [2.05, 4.69) is 0 Å². The molecular weight excluding hydrogens is 258 g/mol. The van der Waals surface area contributed by atoms with Crippen molar-refractivity contribution >= 4 is 5.69 Å². The molecule has 0 radical (unpaired) electrons. The summed E-state index contributed by atoms with van der Waals surface area (Å²) in [6.07, 6.45) is 0. The highest BCUT2D eigenvalue weighted by atomic mass is 16.6. The lowest BCUT2D eigenvalue weighted by Crippen LogP contribution is -2.00. The SMILES string of the molecule is COc1cc(C)c([N+](=O)[O-])cc1OCc1ccccc1. The minimum Gasteiger partial charge on any atom is -0.493 e. The van der Waals surface area contributed by atoms with Gasteiger partial charge in [0.1, 0.15) is 6.61 Å². The fraction of sp³-hybridized carbons (Fsp3) is 0.200. The van der Waals surface area contributed by atoms with E-state index in [1.165, 1.54) is 13.2 Å². The Morgan fingerprint density at radius 1 is 1.15 bits per heavy atom. The average molecular weight is 273 g/mol. The lowest BCUT2D eigenvalue weighted by Gasteiger charge is -2.11. The molecule has 0 aliphatic rings. The molecule has 0 atom stereocenters. The standard InChI is InChI=1S/C15H15NO4/c1-11-8-14(19-2)15(9-13(11)16(17)18)20-10-12-6-4-3-5-7-12/h3-9H,10H2,1-2H3. The molecule has 0 amide bonds. The van der Waals surface area contributed by atoms with Gasteiger partial charge in [0.2, 0.25) is 0 Å². The van der Waals surface area contributed by atoms with Crippen molar-refractivity contribution in [2.45, 2.75) is 13.5 Å². The largest absolute Gasteiger partial charge is 0.493 e. The Bertz CT molecular complexity index is 611. The van der Waals surface area contributed by atoms with E-state index in [4.69, 9.17) is 9.47 Å². The minimum atomic E-state index is -0.426. The molecule has 0 aromatic heterocycles. The molecule has 0 heterocycles. The minimum absolute atomic E-state index is 0.0221. The predicted molar refractivity (Wildman–Crippen MR) is 75.2 cm³/mol. The number of rotatable bonds is 5. The van der Waals surface area contributed by atoms with Gasteiger partial charge in [0.25, 0.3) is 5.69 Å². The molecule has 104 valence electrons. The molecule has 0 aliphatic heterocycles. The van der Waals surface area contributed by atoms with Gasteiger partial charge in [-0.05, 0) is 18.6 Å². The van der Waals surface area contributed by atoms with E-state index < -0.39 is 4.92 Å². The molecule has 0 fully saturated rings. The lowest BCUT2D eigenvalue weighted by atomic mass is 10.2. The summed E-state index contributed by atoms with van der Waals surface area (Å²) >= 11 is 0. The van der Waals surface area contributed by atoms with E-state index in [0.29, 0.717) is 23.7 Å². The van der Waals surface area contributed by atoms with E-state index in [0.717, 1.165) is 5.56 Å². The van der Waals surface area contributed by atoms with Gasteiger partial charge in [-0.25, -0.2) is 0 Å². The van der Waals surface area contributed by atoms with Gasteiger partial charge >= 0.3 is 0 Å². The van der Waals surface area contributed by atoms with Crippen molar-refractivity contribution in [1.82, 2.24) is 0 Å². The molecule has 5 nitrogen and oxygen atoms in total. The first-order chi connectivity index (χ1) is 9.61. The quantitative estimate of drug-likeness (QED) is 0.618. The Kier molecular flexibility index (Phi) is 4.20. The van der Waals surface area contributed by atoms with Gasteiger partial charge in [0.05, 0.1) is 18.1 Å². The summed E-state index contributed by atoms with van der Waals surface area (Å²) in [4.78, 5) is 10.5. The highest BCUT2D eigenvalue weighted by Crippen LogP contribution is 2.34. The van der Waals surface area contributed by atoms with Crippen LogP contribution in [-0.4, -0.2) is 12.0 Å². The topological polar surface area (TPSA) is 61.6 Å². The first-order valence-corrected chi connectivity index (χ1v) is 6.11. The predicted octanol–water partition coefficient (Wildman–Crippen LogP) is 3.49. The van der Waals surface area contributed by atoms with E-state index in [-0.39, 0.29) is 5.69 Å². The smallest absolute Gasteiger partial charge is 0.276 e. The Labute approximate surface area is 116 Å². The van der Waals surface area contributed by atoms with Crippen LogP contribution < -0.4 is 9.47 Å². The Morgan fingerprint density at radius 3 is 2.45 bits per heavy atom. The fourth-order valence-electron chi connectivity index (χ4n) is 1.86. The average Bonchev–Trinajstić information content (AvgIpc) is 2.46. The summed E-state index contributed by atoms with van der Waals surface area (Å²) in [6.45, 7) is 2.00. The van der Waals surface area contributed by atoms with Gasteiger partial charge in [0, 0.05) is 5.56 Å². The van der Waals surface area contributed by atoms with E-state index in [9.17, 15) is 10.1 Å². The summed E-state index contributed by atoms with van der Waals surface area (Å²) in [7, 11) is 1.51. The summed E-state index contributed by atoms with van der Waals surface area (Å²) in [5.41, 5.74) is 1.55. The molecule has 2 rings (SSSR count). The summed E-state index contributed by atoms with van der Waals surface area (Å²) in [5, 5.41) is 11.0. The molecular formula is C15H15NO4. The molecule has 0 aliphatic carbocycles. The van der Waals surface area contributed by atoms with Gasteiger partial charge in [-0.3, -0.25) is 10.1 Å². The second-order valence-corrected chi connectivity index (χ2v) is 4.32. The van der Waals surface area contributed by atoms with Crippen LogP contribution in [0.5, 0.6) is 11.5 Å². The molecule has 0 spiro atoms. The highest BCUT2D eigenvalue weighted by molar-refractivity contribution is 5.53. The third-order valence-corrected chi connectivity index (χ3v) is 2.92. The van der Waals surface area contributed by atoms with Crippen molar-refractivity contribution in [3.63, 3.8) is 0 Å². The van der Waals surface area contributed by atoms with Crippen molar-refractivity contribution < 1.29 is 14.4 Å². The maximum Gasteiger partial charge on any atom is 0.276 e. The van der Waals surface area contributed by atoms with Crippen molar-refractivity contribution in [3.05, 3.63) is 63.7 Å². The first kappa shape index (κ1) is 13.9. The number of ether oxygens (including phenoxy) is 2. The number of hydrogen-bond donors (Lipinski definition) is 0. The first-order valence-electron chi connectivity index (χ1n) is 6.11. The van der Waals surface area contributed by atoms with Gasteiger partial charge < -0.3 is 9.47 Å². The van der Waals surface area contributed by atoms with Gasteiger partial charge in [-0.15, -0.1) is 0 Å². The van der Waals surface area contributed by atoms with Crippen LogP contribution in [0, 0.1) is 17.0 Å². The maximum atomic E-state index is 11.0. The van der Waals surface area contributed by atoms with Crippen LogP contribution in [0.15, 0.2) is 42.5 Å². The van der Waals surface area contributed by atoms with Crippen molar-refractivity contribution in [3.8, 4) is 11.5 Å². The van der Waals surface area contributed by atoms with Crippen LogP contribution in [0.25, 0.3) is 0 Å². The molecule has 2 aromatic rings. The summed E-state index contributed by atoms with van der Waals surface area (Å²) < 4.78 is 10.8. The summed E-state index contributed by atoms with van der Waals surface area (Å²) in [5.74, 6) is 0.859. The zero-order valence-electron chi connectivity index (χ0n) is 11.3. The normalized spacial score (nSPS) is 10.1. The van der Waals surface area contributed by atoms with Gasteiger partial charge in [0.15, 0.2) is 11.5 Å². The van der Waals surface area contributed by atoms with Crippen LogP contribution in [-0.2, 0) is 6.61 Å². The number of methoxy groups -OCH3 is 1. The van der Waals surface area contributed by atoms with Crippen molar-refractivity contribution in [1.29, 1.82) is 0 Å². The molecule has 0 saturated carbocycles. The zero-order valence-corrected chi connectivity index (χ0v) is 11.3. The van der Waals surface area contributed by atoms with Crippen LogP contribution in [0.4, 0.5) is 5.69 Å². The summed E-state index contributed by atoms with van der Waals surface area (Å²) in [6, 6.07) is 12.6. The molecule has 20 heavy (non-hydrogen) atoms. The molecule has 0 bridgehead atoms. The Hall–Kier alpha value is -2.56. The number of aryl methyl sites for hydroxylation is 1.